The lowest BCUT2D eigenvalue weighted by molar-refractivity contribution is -0.383. The first-order chi connectivity index (χ1) is 13.4. The Morgan fingerprint density at radius 1 is 1.00 bits per heavy atom. The van der Waals surface area contributed by atoms with Gasteiger partial charge in [-0.2, -0.15) is 0 Å². The van der Waals surface area contributed by atoms with Gasteiger partial charge in [0.2, 0.25) is 0 Å². The molecule has 0 radical (unpaired) electrons. The number of nitro groups is 1. The highest BCUT2D eigenvalue weighted by molar-refractivity contribution is 5.98. The zero-order valence-electron chi connectivity index (χ0n) is 15.4. The average Bonchev–Trinajstić information content (AvgIpc) is 2.71. The first-order valence-corrected chi connectivity index (χ1v) is 7.91. The molecular formula is C18H18N2O8. The van der Waals surface area contributed by atoms with Gasteiger partial charge in [-0.3, -0.25) is 14.9 Å². The summed E-state index contributed by atoms with van der Waals surface area (Å²) in [7, 11) is 4.23. The first-order valence-electron chi connectivity index (χ1n) is 7.91. The second-order valence-corrected chi connectivity index (χ2v) is 5.33. The molecule has 0 aromatic heterocycles. The molecule has 2 rings (SSSR count). The number of amides is 1. The summed E-state index contributed by atoms with van der Waals surface area (Å²) in [6.45, 7) is -0.650. The van der Waals surface area contributed by atoms with E-state index in [0.29, 0.717) is 11.5 Å². The monoisotopic (exact) mass is 390 g/mol. The van der Waals surface area contributed by atoms with Gasteiger partial charge in [0.1, 0.15) is 28.5 Å². The fourth-order valence-corrected chi connectivity index (χ4v) is 2.26. The average molecular weight is 390 g/mol. The maximum Gasteiger partial charge on any atom is 0.342 e. The Hall–Kier alpha value is -3.82. The van der Waals surface area contributed by atoms with Crippen molar-refractivity contribution < 1.29 is 33.5 Å². The van der Waals surface area contributed by atoms with E-state index in [2.05, 4.69) is 5.32 Å². The van der Waals surface area contributed by atoms with Crippen molar-refractivity contribution in [2.24, 2.45) is 0 Å². The minimum atomic E-state index is -0.796. The minimum Gasteiger partial charge on any atom is -0.497 e. The Morgan fingerprint density at radius 2 is 1.64 bits per heavy atom. The second-order valence-electron chi connectivity index (χ2n) is 5.33. The van der Waals surface area contributed by atoms with Crippen molar-refractivity contribution >= 4 is 23.3 Å². The van der Waals surface area contributed by atoms with E-state index < -0.39 is 23.4 Å². The van der Waals surface area contributed by atoms with E-state index >= 15 is 0 Å². The fourth-order valence-electron chi connectivity index (χ4n) is 2.26. The lowest BCUT2D eigenvalue weighted by Gasteiger charge is -2.11. The van der Waals surface area contributed by atoms with Crippen molar-refractivity contribution in [3.05, 3.63) is 52.1 Å². The van der Waals surface area contributed by atoms with Gasteiger partial charge in [0.15, 0.2) is 6.61 Å². The van der Waals surface area contributed by atoms with E-state index in [9.17, 15) is 19.7 Å². The van der Waals surface area contributed by atoms with Crippen LogP contribution in [0.2, 0.25) is 0 Å². The third-order valence-electron chi connectivity index (χ3n) is 3.64. The van der Waals surface area contributed by atoms with Crippen molar-refractivity contribution in [3.8, 4) is 17.2 Å². The van der Waals surface area contributed by atoms with Gasteiger partial charge in [-0.05, 0) is 18.2 Å². The predicted molar refractivity (Wildman–Crippen MR) is 98.1 cm³/mol. The van der Waals surface area contributed by atoms with Gasteiger partial charge < -0.3 is 24.3 Å². The normalized spacial score (nSPS) is 9.96. The largest absolute Gasteiger partial charge is 0.497 e. The lowest BCUT2D eigenvalue weighted by Crippen LogP contribution is -2.21. The van der Waals surface area contributed by atoms with Crippen molar-refractivity contribution in [1.29, 1.82) is 0 Å². The van der Waals surface area contributed by atoms with Crippen LogP contribution in [0.15, 0.2) is 36.4 Å². The maximum atomic E-state index is 12.2. The van der Waals surface area contributed by atoms with Crippen LogP contribution in [0, 0.1) is 10.1 Å². The number of nitrogens with one attached hydrogen (secondary N) is 1. The Kier molecular flexibility index (Phi) is 6.74. The Labute approximate surface area is 160 Å². The summed E-state index contributed by atoms with van der Waals surface area (Å²) in [5.74, 6) is -0.530. The van der Waals surface area contributed by atoms with Crippen molar-refractivity contribution in [2.45, 2.75) is 0 Å². The predicted octanol–water partition coefficient (Wildman–Crippen LogP) is 2.42. The molecule has 0 aliphatic rings. The van der Waals surface area contributed by atoms with Gasteiger partial charge >= 0.3 is 5.97 Å². The van der Waals surface area contributed by atoms with Crippen molar-refractivity contribution in [2.75, 3.05) is 33.3 Å². The number of carbonyl (C=O) groups is 2. The Balaban J connectivity index is 2.07. The van der Waals surface area contributed by atoms with Crippen LogP contribution >= 0.6 is 0 Å². The van der Waals surface area contributed by atoms with E-state index in [-0.39, 0.29) is 22.7 Å². The van der Waals surface area contributed by atoms with Gasteiger partial charge in [0.05, 0.1) is 26.3 Å². The highest BCUT2D eigenvalue weighted by Crippen LogP contribution is 2.29. The smallest absolute Gasteiger partial charge is 0.342 e. The summed E-state index contributed by atoms with van der Waals surface area (Å²) >= 11 is 0. The van der Waals surface area contributed by atoms with Crippen LogP contribution in [0.5, 0.6) is 17.2 Å². The standard InChI is InChI=1S/C18H18N2O8/c1-25-11-5-7-15(20(23)24)14(8-11)19-17(21)10-28-18(22)13-6-4-12(26-2)9-16(13)27-3/h4-9H,10H2,1-3H3,(H,19,21). The van der Waals surface area contributed by atoms with Gasteiger partial charge in [-0.25, -0.2) is 4.79 Å². The number of anilines is 1. The van der Waals surface area contributed by atoms with Crippen LogP contribution in [-0.2, 0) is 9.53 Å². The summed E-state index contributed by atoms with van der Waals surface area (Å²) < 4.78 is 20.1. The highest BCUT2D eigenvalue weighted by atomic mass is 16.6. The molecule has 0 aliphatic carbocycles. The molecule has 10 nitrogen and oxygen atoms in total. The zero-order valence-corrected chi connectivity index (χ0v) is 15.4. The third kappa shape index (κ3) is 4.87. The number of hydrogen-bond acceptors (Lipinski definition) is 8. The minimum absolute atomic E-state index is 0.0765. The van der Waals surface area contributed by atoms with Crippen molar-refractivity contribution in [1.82, 2.24) is 0 Å². The van der Waals surface area contributed by atoms with E-state index in [4.69, 9.17) is 18.9 Å². The summed E-state index contributed by atoms with van der Waals surface area (Å²) in [5, 5.41) is 13.4. The maximum absolute atomic E-state index is 12.2. The molecule has 0 aliphatic heterocycles. The Bertz CT molecular complexity index is 897. The van der Waals surface area contributed by atoms with Crippen LogP contribution in [0.4, 0.5) is 11.4 Å². The second kappa shape index (κ2) is 9.21. The molecule has 0 spiro atoms. The molecule has 2 aromatic rings. The van der Waals surface area contributed by atoms with Crippen LogP contribution in [0.25, 0.3) is 0 Å². The van der Waals surface area contributed by atoms with Gasteiger partial charge in [0, 0.05) is 18.2 Å². The van der Waals surface area contributed by atoms with E-state index in [1.54, 1.807) is 6.07 Å². The van der Waals surface area contributed by atoms with Crippen LogP contribution < -0.4 is 19.5 Å². The number of esters is 1. The number of ether oxygens (including phenoxy) is 4. The fraction of sp³-hybridized carbons (Fsp3) is 0.222. The topological polar surface area (TPSA) is 126 Å². The molecule has 0 saturated heterocycles. The molecule has 10 heteroatoms. The van der Waals surface area contributed by atoms with Crippen molar-refractivity contribution in [3.63, 3.8) is 0 Å². The zero-order chi connectivity index (χ0) is 20.7. The quantitative estimate of drug-likeness (QED) is 0.414. The molecule has 2 aromatic carbocycles. The summed E-state index contributed by atoms with van der Waals surface area (Å²) in [4.78, 5) is 34.7. The number of rotatable bonds is 8. The number of benzene rings is 2. The number of nitrogens with zero attached hydrogens (tertiary/aromatic N) is 1. The molecule has 28 heavy (non-hydrogen) atoms. The molecule has 148 valence electrons. The molecule has 0 unspecified atom stereocenters. The number of nitro benzene ring substituents is 1. The molecule has 0 bridgehead atoms. The highest BCUT2D eigenvalue weighted by Gasteiger charge is 2.19. The molecule has 0 saturated carbocycles. The Morgan fingerprint density at radius 3 is 2.25 bits per heavy atom. The summed E-state index contributed by atoms with van der Waals surface area (Å²) in [6.07, 6.45) is 0. The lowest BCUT2D eigenvalue weighted by atomic mass is 10.2. The molecule has 0 fully saturated rings. The molecule has 0 heterocycles. The number of carbonyl (C=O) groups excluding carboxylic acids is 2. The third-order valence-corrected chi connectivity index (χ3v) is 3.64. The first kappa shape index (κ1) is 20.5. The van der Waals surface area contributed by atoms with E-state index in [0.717, 1.165) is 0 Å². The van der Waals surface area contributed by atoms with E-state index in [1.807, 2.05) is 0 Å². The summed E-state index contributed by atoms with van der Waals surface area (Å²) in [6, 6.07) is 8.36. The van der Waals surface area contributed by atoms with Gasteiger partial charge in [0.25, 0.3) is 11.6 Å². The van der Waals surface area contributed by atoms with E-state index in [1.165, 1.54) is 51.7 Å². The molecule has 0 atom stereocenters. The summed E-state index contributed by atoms with van der Waals surface area (Å²) in [5.41, 5.74) is -0.298. The van der Waals surface area contributed by atoms with Crippen LogP contribution in [0.3, 0.4) is 0 Å². The SMILES string of the molecule is COc1ccc([N+](=O)[O-])c(NC(=O)COC(=O)c2ccc(OC)cc2OC)c1. The molecule has 1 amide bonds. The number of hydrogen-bond donors (Lipinski definition) is 1. The van der Waals surface area contributed by atoms with Crippen LogP contribution in [0.1, 0.15) is 10.4 Å². The van der Waals surface area contributed by atoms with Gasteiger partial charge in [-0.15, -0.1) is 0 Å². The molecule has 1 N–H and O–H groups in total. The number of methoxy groups -OCH3 is 3. The molecular weight excluding hydrogens is 372 g/mol. The van der Waals surface area contributed by atoms with Gasteiger partial charge in [-0.1, -0.05) is 0 Å². The van der Waals surface area contributed by atoms with Crippen LogP contribution in [-0.4, -0.2) is 44.7 Å².